The van der Waals surface area contributed by atoms with E-state index in [0.29, 0.717) is 5.56 Å². The smallest absolute Gasteiger partial charge is 0.335 e. The number of thiazole rings is 1. The Labute approximate surface area is 263 Å². The number of carboxylic acids is 1. The Kier molecular flexibility index (Phi) is 8.58. The van der Waals surface area contributed by atoms with Gasteiger partial charge in [0.2, 0.25) is 11.8 Å². The Balaban J connectivity index is 1.36. The molecular weight excluding hydrogens is 592 g/mol. The SMILES string of the molecule is C=CCN1CC(=O)N2[C@@H](Cc3ccc(C(=O)O)cc3)C(=O)N(Cc3cccc4scnc34)C[C@@H]2N1C(=O)NCc1ccccc1. The first-order valence-corrected chi connectivity index (χ1v) is 15.4. The number of para-hydroxylation sites is 1. The van der Waals surface area contributed by atoms with Crippen LogP contribution in [0.5, 0.6) is 0 Å². The second-order valence-electron chi connectivity index (χ2n) is 11.0. The zero-order chi connectivity index (χ0) is 31.5. The molecule has 11 nitrogen and oxygen atoms in total. The van der Waals surface area contributed by atoms with Gasteiger partial charge in [-0.3, -0.25) is 9.59 Å². The average molecular weight is 625 g/mol. The quantitative estimate of drug-likeness (QED) is 0.272. The van der Waals surface area contributed by atoms with Crippen LogP contribution in [-0.2, 0) is 29.1 Å². The summed E-state index contributed by atoms with van der Waals surface area (Å²) in [5.74, 6) is -1.59. The number of piperazine rings is 1. The van der Waals surface area contributed by atoms with Crippen molar-refractivity contribution in [3.8, 4) is 0 Å². The van der Waals surface area contributed by atoms with Gasteiger partial charge in [-0.25, -0.2) is 24.6 Å². The largest absolute Gasteiger partial charge is 0.478 e. The van der Waals surface area contributed by atoms with Crippen LogP contribution in [0.3, 0.4) is 0 Å². The number of hydrogen-bond acceptors (Lipinski definition) is 7. The zero-order valence-corrected chi connectivity index (χ0v) is 25.2. The Hall–Kier alpha value is -5.07. The molecule has 2 aliphatic rings. The molecule has 2 atom stereocenters. The maximum absolute atomic E-state index is 14.2. The molecule has 230 valence electrons. The van der Waals surface area contributed by atoms with Crippen LogP contribution in [0, 0.1) is 0 Å². The molecule has 2 fully saturated rings. The number of aromatic carboxylic acids is 1. The second-order valence-corrected chi connectivity index (χ2v) is 11.8. The fourth-order valence-corrected chi connectivity index (χ4v) is 6.71. The molecular formula is C33H32N6O5S. The van der Waals surface area contributed by atoms with Crippen molar-refractivity contribution in [3.63, 3.8) is 0 Å². The molecule has 2 aliphatic heterocycles. The molecule has 4 aromatic rings. The van der Waals surface area contributed by atoms with Gasteiger partial charge in [0.25, 0.3) is 0 Å². The van der Waals surface area contributed by atoms with Crippen LogP contribution in [-0.4, -0.2) is 85.6 Å². The van der Waals surface area contributed by atoms with E-state index in [9.17, 15) is 24.3 Å². The van der Waals surface area contributed by atoms with Crippen molar-refractivity contribution in [2.24, 2.45) is 0 Å². The summed E-state index contributed by atoms with van der Waals surface area (Å²) in [6.45, 7) is 4.59. The highest BCUT2D eigenvalue weighted by molar-refractivity contribution is 7.16. The number of nitrogens with one attached hydrogen (secondary N) is 1. The number of carbonyl (C=O) groups excluding carboxylic acids is 3. The lowest BCUT2D eigenvalue weighted by Gasteiger charge is -2.55. The number of fused-ring (bicyclic) bond motifs is 2. The Morgan fingerprint density at radius 2 is 1.80 bits per heavy atom. The van der Waals surface area contributed by atoms with Gasteiger partial charge in [0.15, 0.2) is 0 Å². The van der Waals surface area contributed by atoms with Crippen LogP contribution in [0.15, 0.2) is 91.0 Å². The van der Waals surface area contributed by atoms with Gasteiger partial charge in [-0.05, 0) is 34.9 Å². The summed E-state index contributed by atoms with van der Waals surface area (Å²) in [5, 5.41) is 15.5. The fraction of sp³-hybridized carbons (Fsp3) is 0.242. The number of urea groups is 1. The predicted molar refractivity (Wildman–Crippen MR) is 169 cm³/mol. The van der Waals surface area contributed by atoms with Gasteiger partial charge >= 0.3 is 12.0 Å². The van der Waals surface area contributed by atoms with Gasteiger partial charge in [0.1, 0.15) is 12.2 Å². The van der Waals surface area contributed by atoms with E-state index < -0.39 is 24.2 Å². The van der Waals surface area contributed by atoms with E-state index in [1.807, 2.05) is 48.5 Å². The van der Waals surface area contributed by atoms with Crippen LogP contribution in [0.1, 0.15) is 27.0 Å². The molecule has 0 saturated carbocycles. The van der Waals surface area contributed by atoms with Crippen molar-refractivity contribution in [1.29, 1.82) is 0 Å². The summed E-state index contributed by atoms with van der Waals surface area (Å²) >= 11 is 1.52. The number of aromatic nitrogens is 1. The first-order valence-electron chi connectivity index (χ1n) is 14.5. The minimum Gasteiger partial charge on any atom is -0.478 e. The zero-order valence-electron chi connectivity index (χ0n) is 24.4. The van der Waals surface area contributed by atoms with Crippen LogP contribution < -0.4 is 5.32 Å². The molecule has 0 aliphatic carbocycles. The van der Waals surface area contributed by atoms with E-state index >= 15 is 0 Å². The Morgan fingerprint density at radius 1 is 1.02 bits per heavy atom. The van der Waals surface area contributed by atoms with Crippen molar-refractivity contribution < 1.29 is 24.3 Å². The van der Waals surface area contributed by atoms with Gasteiger partial charge in [0, 0.05) is 26.1 Å². The van der Waals surface area contributed by atoms with Gasteiger partial charge in [-0.15, -0.1) is 17.9 Å². The molecule has 0 spiro atoms. The first kappa shape index (κ1) is 30.0. The normalized spacial score (nSPS) is 18.6. The van der Waals surface area contributed by atoms with E-state index in [4.69, 9.17) is 0 Å². The number of rotatable bonds is 9. The van der Waals surface area contributed by atoms with Gasteiger partial charge < -0.3 is 20.2 Å². The highest BCUT2D eigenvalue weighted by atomic mass is 32.1. The van der Waals surface area contributed by atoms with Crippen molar-refractivity contribution in [1.82, 2.24) is 30.1 Å². The number of carbonyl (C=O) groups is 4. The standard InChI is InChI=1S/C33H32N6O5S/c1-2-15-37-20-29(40)38-26(16-22-11-13-24(14-12-22)32(42)43)31(41)36(18-25-9-6-10-27-30(25)35-21-45-27)19-28(38)39(37)33(44)34-17-23-7-4-3-5-8-23/h2-14,21,26,28H,1,15-20H2,(H,34,44)(H,42,43)/t26-,28-/m0/s1. The molecule has 6 rings (SSSR count). The maximum Gasteiger partial charge on any atom is 0.335 e. The minimum atomic E-state index is -1.05. The van der Waals surface area contributed by atoms with Crippen LogP contribution in [0.2, 0.25) is 0 Å². The highest BCUT2D eigenvalue weighted by Gasteiger charge is 2.51. The van der Waals surface area contributed by atoms with E-state index in [-0.39, 0.29) is 56.5 Å². The van der Waals surface area contributed by atoms with Crippen LogP contribution in [0.4, 0.5) is 4.79 Å². The minimum absolute atomic E-state index is 0.0892. The van der Waals surface area contributed by atoms with Crippen molar-refractivity contribution >= 4 is 45.4 Å². The summed E-state index contributed by atoms with van der Waals surface area (Å²) in [7, 11) is 0. The Bertz CT molecular complexity index is 1740. The molecule has 2 N–H and O–H groups in total. The summed E-state index contributed by atoms with van der Waals surface area (Å²) in [6, 6.07) is 20.3. The summed E-state index contributed by atoms with van der Waals surface area (Å²) in [4.78, 5) is 61.1. The number of carboxylic acid groups (broad SMARTS) is 1. The summed E-state index contributed by atoms with van der Waals surface area (Å²) < 4.78 is 1.00. The number of hydrazine groups is 1. The molecule has 3 heterocycles. The molecule has 4 amide bonds. The highest BCUT2D eigenvalue weighted by Crippen LogP contribution is 2.31. The van der Waals surface area contributed by atoms with E-state index in [2.05, 4.69) is 16.9 Å². The van der Waals surface area contributed by atoms with E-state index in [1.54, 1.807) is 33.6 Å². The third kappa shape index (κ3) is 6.15. The topological polar surface area (TPSA) is 126 Å². The average Bonchev–Trinajstić information content (AvgIpc) is 3.53. The van der Waals surface area contributed by atoms with Gasteiger partial charge in [-0.1, -0.05) is 60.7 Å². The third-order valence-corrected chi connectivity index (χ3v) is 8.89. The monoisotopic (exact) mass is 624 g/mol. The van der Waals surface area contributed by atoms with E-state index in [0.717, 1.165) is 21.3 Å². The molecule has 45 heavy (non-hydrogen) atoms. The van der Waals surface area contributed by atoms with Gasteiger partial charge in [0.05, 0.1) is 34.4 Å². The molecule has 0 bridgehead atoms. The van der Waals surface area contributed by atoms with Crippen molar-refractivity contribution in [2.45, 2.75) is 31.7 Å². The summed E-state index contributed by atoms with van der Waals surface area (Å²) in [5.41, 5.74) is 5.19. The Morgan fingerprint density at radius 3 is 2.53 bits per heavy atom. The molecule has 12 heteroatoms. The molecule has 0 unspecified atom stereocenters. The first-order chi connectivity index (χ1) is 21.8. The van der Waals surface area contributed by atoms with Gasteiger partial charge in [-0.2, -0.15) is 0 Å². The molecule has 0 radical (unpaired) electrons. The lowest BCUT2D eigenvalue weighted by atomic mass is 9.97. The summed E-state index contributed by atoms with van der Waals surface area (Å²) in [6.07, 6.45) is 0.994. The lowest BCUT2D eigenvalue weighted by Crippen LogP contribution is -2.76. The fourth-order valence-electron chi connectivity index (χ4n) is 5.98. The van der Waals surface area contributed by atoms with E-state index in [1.165, 1.54) is 33.4 Å². The van der Waals surface area contributed by atoms with Crippen molar-refractivity contribution in [2.75, 3.05) is 19.6 Å². The van der Waals surface area contributed by atoms with Crippen LogP contribution in [0.25, 0.3) is 10.2 Å². The predicted octanol–water partition coefficient (Wildman–Crippen LogP) is 3.73. The van der Waals surface area contributed by atoms with Crippen LogP contribution >= 0.6 is 11.3 Å². The maximum atomic E-state index is 14.2. The number of hydrogen-bond donors (Lipinski definition) is 2. The molecule has 1 aromatic heterocycles. The third-order valence-electron chi connectivity index (χ3n) is 8.10. The molecule has 2 saturated heterocycles. The lowest BCUT2D eigenvalue weighted by molar-refractivity contribution is -0.189. The number of benzene rings is 3. The number of amides is 4. The molecule has 3 aromatic carbocycles. The number of nitrogens with zero attached hydrogens (tertiary/aromatic N) is 5. The second kappa shape index (κ2) is 12.9. The van der Waals surface area contributed by atoms with Crippen molar-refractivity contribution in [3.05, 3.63) is 113 Å².